The molecule has 0 aromatic rings. The zero-order valence-electron chi connectivity index (χ0n) is 9.76. The van der Waals surface area contributed by atoms with Gasteiger partial charge in [-0.1, -0.05) is 0 Å². The Hall–Kier alpha value is -0.850. The molecule has 1 amide bonds. The summed E-state index contributed by atoms with van der Waals surface area (Å²) in [6.45, 7) is 3.15. The first-order valence-corrected chi connectivity index (χ1v) is 5.42. The topological polar surface area (TPSA) is 85.0 Å². The van der Waals surface area contributed by atoms with Crippen molar-refractivity contribution >= 4 is 6.09 Å². The molecule has 0 aliphatic carbocycles. The van der Waals surface area contributed by atoms with Crippen LogP contribution in [0.3, 0.4) is 0 Å². The Morgan fingerprint density at radius 3 is 2.94 bits per heavy atom. The molecule has 3 atom stereocenters. The summed E-state index contributed by atoms with van der Waals surface area (Å²) < 4.78 is 10.6. The van der Waals surface area contributed by atoms with Crippen LogP contribution < -0.4 is 5.73 Å². The van der Waals surface area contributed by atoms with E-state index in [9.17, 15) is 4.79 Å². The van der Waals surface area contributed by atoms with E-state index in [1.807, 2.05) is 6.92 Å². The first-order valence-electron chi connectivity index (χ1n) is 5.42. The number of likely N-dealkylation sites (tertiary alicyclic amines) is 1. The number of ether oxygens (including phenoxy) is 2. The maximum Gasteiger partial charge on any atom is 0.407 e. The molecule has 1 aliphatic rings. The van der Waals surface area contributed by atoms with E-state index in [4.69, 9.17) is 20.3 Å². The van der Waals surface area contributed by atoms with E-state index >= 15 is 0 Å². The predicted octanol–water partition coefficient (Wildman–Crippen LogP) is 0.118. The highest BCUT2D eigenvalue weighted by Crippen LogP contribution is 2.13. The molecule has 1 aliphatic heterocycles. The molecule has 3 unspecified atom stereocenters. The number of carboxylic acid groups (broad SMARTS) is 1. The van der Waals surface area contributed by atoms with E-state index in [-0.39, 0.29) is 18.2 Å². The summed E-state index contributed by atoms with van der Waals surface area (Å²) in [4.78, 5) is 12.1. The van der Waals surface area contributed by atoms with Gasteiger partial charge in [0.1, 0.15) is 0 Å². The molecule has 0 bridgehead atoms. The molecule has 16 heavy (non-hydrogen) atoms. The van der Waals surface area contributed by atoms with Crippen molar-refractivity contribution < 1.29 is 19.4 Å². The summed E-state index contributed by atoms with van der Waals surface area (Å²) in [7, 11) is 1.61. The van der Waals surface area contributed by atoms with Crippen molar-refractivity contribution in [2.75, 3.05) is 26.8 Å². The summed E-state index contributed by atoms with van der Waals surface area (Å²) in [6.07, 6.45) is -0.520. The third-order valence-corrected chi connectivity index (χ3v) is 2.83. The summed E-state index contributed by atoms with van der Waals surface area (Å²) in [6, 6.07) is -0.0975. The van der Waals surface area contributed by atoms with Gasteiger partial charge < -0.3 is 25.2 Å². The van der Waals surface area contributed by atoms with Crippen LogP contribution in [0, 0.1) is 0 Å². The minimum absolute atomic E-state index is 0.00703. The van der Waals surface area contributed by atoms with Gasteiger partial charge in [0.2, 0.25) is 0 Å². The Kier molecular flexibility index (Phi) is 4.98. The van der Waals surface area contributed by atoms with Crippen LogP contribution in [0.5, 0.6) is 0 Å². The second-order valence-electron chi connectivity index (χ2n) is 4.10. The first-order chi connectivity index (χ1) is 7.54. The number of nitrogens with zero attached hydrogens (tertiary/aromatic N) is 1. The number of hydrogen-bond acceptors (Lipinski definition) is 4. The van der Waals surface area contributed by atoms with Crippen LogP contribution in [-0.2, 0) is 9.47 Å². The van der Waals surface area contributed by atoms with Crippen molar-refractivity contribution in [1.82, 2.24) is 4.90 Å². The van der Waals surface area contributed by atoms with Crippen LogP contribution >= 0.6 is 0 Å². The van der Waals surface area contributed by atoms with Gasteiger partial charge in [0, 0.05) is 19.7 Å². The SMILES string of the molecule is COC(C)COC1CN(C(=O)O)CCC1N. The average molecular weight is 232 g/mol. The number of amides is 1. The number of carbonyl (C=O) groups is 1. The van der Waals surface area contributed by atoms with Gasteiger partial charge in [0.15, 0.2) is 0 Å². The fourth-order valence-corrected chi connectivity index (χ4v) is 1.61. The van der Waals surface area contributed by atoms with Gasteiger partial charge in [-0.25, -0.2) is 4.79 Å². The zero-order chi connectivity index (χ0) is 12.1. The standard InChI is InChI=1S/C10H20N2O4/c1-7(15-2)6-16-9-5-12(10(13)14)4-3-8(9)11/h7-9H,3-6,11H2,1-2H3,(H,13,14). The van der Waals surface area contributed by atoms with E-state index < -0.39 is 6.09 Å². The molecule has 94 valence electrons. The summed E-state index contributed by atoms with van der Waals surface area (Å²) in [5, 5.41) is 8.87. The van der Waals surface area contributed by atoms with E-state index in [0.29, 0.717) is 26.1 Å². The van der Waals surface area contributed by atoms with E-state index in [2.05, 4.69) is 0 Å². The Bertz CT molecular complexity index is 237. The molecule has 0 spiro atoms. The maximum atomic E-state index is 10.8. The second kappa shape index (κ2) is 6.03. The van der Waals surface area contributed by atoms with Crippen LogP contribution in [0.1, 0.15) is 13.3 Å². The van der Waals surface area contributed by atoms with Gasteiger partial charge in [-0.05, 0) is 13.3 Å². The van der Waals surface area contributed by atoms with Crippen molar-refractivity contribution in [2.45, 2.75) is 31.6 Å². The highest BCUT2D eigenvalue weighted by Gasteiger charge is 2.29. The van der Waals surface area contributed by atoms with E-state index in [1.165, 1.54) is 4.90 Å². The highest BCUT2D eigenvalue weighted by atomic mass is 16.5. The molecule has 6 heteroatoms. The monoisotopic (exact) mass is 232 g/mol. The predicted molar refractivity (Wildman–Crippen MR) is 58.4 cm³/mol. The Morgan fingerprint density at radius 1 is 1.69 bits per heavy atom. The molecule has 1 saturated heterocycles. The molecule has 1 fully saturated rings. The van der Waals surface area contributed by atoms with Crippen molar-refractivity contribution in [1.29, 1.82) is 0 Å². The van der Waals surface area contributed by atoms with Crippen LogP contribution in [-0.4, -0.2) is 61.2 Å². The van der Waals surface area contributed by atoms with Gasteiger partial charge in [-0.2, -0.15) is 0 Å². The van der Waals surface area contributed by atoms with E-state index in [1.54, 1.807) is 7.11 Å². The lowest BCUT2D eigenvalue weighted by Gasteiger charge is -2.35. The van der Waals surface area contributed by atoms with Crippen molar-refractivity contribution in [2.24, 2.45) is 5.73 Å². The molecule has 3 N–H and O–H groups in total. The molecular weight excluding hydrogens is 212 g/mol. The van der Waals surface area contributed by atoms with Crippen LogP contribution in [0.4, 0.5) is 4.79 Å². The Morgan fingerprint density at radius 2 is 2.38 bits per heavy atom. The first kappa shape index (κ1) is 13.2. The van der Waals surface area contributed by atoms with Gasteiger partial charge in [-0.15, -0.1) is 0 Å². The molecule has 0 aromatic heterocycles. The van der Waals surface area contributed by atoms with Crippen LogP contribution in [0.25, 0.3) is 0 Å². The quantitative estimate of drug-likeness (QED) is 0.719. The maximum absolute atomic E-state index is 10.8. The number of rotatable bonds is 4. The van der Waals surface area contributed by atoms with Crippen LogP contribution in [0.15, 0.2) is 0 Å². The molecule has 1 heterocycles. The average Bonchev–Trinajstić information content (AvgIpc) is 2.27. The number of nitrogens with two attached hydrogens (primary N) is 1. The number of piperidine rings is 1. The molecule has 6 nitrogen and oxygen atoms in total. The second-order valence-corrected chi connectivity index (χ2v) is 4.10. The minimum atomic E-state index is -0.916. The van der Waals surface area contributed by atoms with Crippen LogP contribution in [0.2, 0.25) is 0 Å². The van der Waals surface area contributed by atoms with Crippen molar-refractivity contribution in [3.63, 3.8) is 0 Å². The third-order valence-electron chi connectivity index (χ3n) is 2.83. The lowest BCUT2D eigenvalue weighted by molar-refractivity contribution is -0.0506. The number of methoxy groups -OCH3 is 1. The largest absolute Gasteiger partial charge is 0.465 e. The third kappa shape index (κ3) is 3.62. The van der Waals surface area contributed by atoms with Gasteiger partial charge in [0.05, 0.1) is 25.4 Å². The smallest absolute Gasteiger partial charge is 0.407 e. The molecule has 0 radical (unpaired) electrons. The highest BCUT2D eigenvalue weighted by molar-refractivity contribution is 5.65. The Balaban J connectivity index is 2.40. The van der Waals surface area contributed by atoms with Gasteiger partial charge >= 0.3 is 6.09 Å². The molecule has 1 rings (SSSR count). The van der Waals surface area contributed by atoms with Crippen molar-refractivity contribution in [3.8, 4) is 0 Å². The van der Waals surface area contributed by atoms with Crippen molar-refractivity contribution in [3.05, 3.63) is 0 Å². The normalized spacial score (nSPS) is 27.8. The lowest BCUT2D eigenvalue weighted by atomic mass is 10.0. The molecule has 0 saturated carbocycles. The summed E-state index contributed by atoms with van der Waals surface area (Å²) >= 11 is 0. The minimum Gasteiger partial charge on any atom is -0.465 e. The van der Waals surface area contributed by atoms with E-state index in [0.717, 1.165) is 0 Å². The summed E-state index contributed by atoms with van der Waals surface area (Å²) in [5.74, 6) is 0. The fraction of sp³-hybridized carbons (Fsp3) is 0.900. The van der Waals surface area contributed by atoms with Gasteiger partial charge in [0.25, 0.3) is 0 Å². The molecular formula is C10H20N2O4. The zero-order valence-corrected chi connectivity index (χ0v) is 9.76. The molecule has 0 aromatic carbocycles. The Labute approximate surface area is 95.3 Å². The van der Waals surface area contributed by atoms with Gasteiger partial charge in [-0.3, -0.25) is 0 Å². The lowest BCUT2D eigenvalue weighted by Crippen LogP contribution is -2.53. The summed E-state index contributed by atoms with van der Waals surface area (Å²) in [5.41, 5.74) is 5.88. The number of hydrogen-bond donors (Lipinski definition) is 2. The fourth-order valence-electron chi connectivity index (χ4n) is 1.61.